The van der Waals surface area contributed by atoms with Crippen molar-refractivity contribution in [2.24, 2.45) is 5.73 Å². The molecular formula is C13H18N2O3S. The van der Waals surface area contributed by atoms with E-state index in [9.17, 15) is 9.59 Å². The van der Waals surface area contributed by atoms with E-state index in [4.69, 9.17) is 5.73 Å². The maximum absolute atomic E-state index is 11.6. The molecule has 1 aromatic rings. The molecule has 0 aliphatic carbocycles. The topological polar surface area (TPSA) is 81.4 Å². The molecule has 0 aliphatic heterocycles. The molecule has 0 spiro atoms. The van der Waals surface area contributed by atoms with Crippen molar-refractivity contribution in [2.45, 2.75) is 12.5 Å². The van der Waals surface area contributed by atoms with E-state index in [2.05, 4.69) is 10.1 Å². The average Bonchev–Trinajstić information content (AvgIpc) is 2.43. The van der Waals surface area contributed by atoms with Crippen molar-refractivity contribution in [3.05, 3.63) is 30.3 Å². The Morgan fingerprint density at radius 2 is 2.05 bits per heavy atom. The van der Waals surface area contributed by atoms with E-state index in [-0.39, 0.29) is 5.91 Å². The minimum Gasteiger partial charge on any atom is -0.468 e. The highest BCUT2D eigenvalue weighted by Gasteiger charge is 2.13. The second-order valence-electron chi connectivity index (χ2n) is 3.87. The fourth-order valence-corrected chi connectivity index (χ4v) is 2.23. The van der Waals surface area contributed by atoms with Crippen LogP contribution < -0.4 is 11.1 Å². The first-order chi connectivity index (χ1) is 9.13. The largest absolute Gasteiger partial charge is 0.468 e. The SMILES string of the molecule is COC(=O)C(N)CSCCC(=O)Nc1ccccc1. The molecule has 0 radical (unpaired) electrons. The smallest absolute Gasteiger partial charge is 0.323 e. The van der Waals surface area contributed by atoms with Gasteiger partial charge >= 0.3 is 5.97 Å². The van der Waals surface area contributed by atoms with Crippen LogP contribution in [0.25, 0.3) is 0 Å². The van der Waals surface area contributed by atoms with E-state index in [0.717, 1.165) is 5.69 Å². The van der Waals surface area contributed by atoms with Crippen molar-refractivity contribution in [3.63, 3.8) is 0 Å². The van der Waals surface area contributed by atoms with E-state index in [1.165, 1.54) is 18.9 Å². The van der Waals surface area contributed by atoms with Gasteiger partial charge in [-0.2, -0.15) is 11.8 Å². The van der Waals surface area contributed by atoms with E-state index < -0.39 is 12.0 Å². The van der Waals surface area contributed by atoms with Gasteiger partial charge in [0.1, 0.15) is 6.04 Å². The molecule has 1 aromatic carbocycles. The predicted octanol–water partition coefficient (Wildman–Crippen LogP) is 1.25. The molecule has 6 heteroatoms. The Kier molecular flexibility index (Phi) is 6.99. The normalized spacial score (nSPS) is 11.7. The van der Waals surface area contributed by atoms with Gasteiger partial charge in [-0.05, 0) is 12.1 Å². The van der Waals surface area contributed by atoms with Crippen LogP contribution >= 0.6 is 11.8 Å². The van der Waals surface area contributed by atoms with Crippen molar-refractivity contribution in [1.82, 2.24) is 0 Å². The van der Waals surface area contributed by atoms with Gasteiger partial charge in [0.15, 0.2) is 0 Å². The number of hydrogen-bond acceptors (Lipinski definition) is 5. The Hall–Kier alpha value is -1.53. The number of para-hydroxylation sites is 1. The zero-order valence-corrected chi connectivity index (χ0v) is 11.6. The molecule has 19 heavy (non-hydrogen) atoms. The summed E-state index contributed by atoms with van der Waals surface area (Å²) < 4.78 is 4.51. The van der Waals surface area contributed by atoms with Gasteiger partial charge < -0.3 is 15.8 Å². The maximum atomic E-state index is 11.6. The van der Waals surface area contributed by atoms with Gasteiger partial charge in [0.05, 0.1) is 7.11 Å². The first kappa shape index (κ1) is 15.5. The summed E-state index contributed by atoms with van der Waals surface area (Å²) in [6.45, 7) is 0. The lowest BCUT2D eigenvalue weighted by Crippen LogP contribution is -2.34. The van der Waals surface area contributed by atoms with Crippen molar-refractivity contribution in [3.8, 4) is 0 Å². The number of ether oxygens (including phenoxy) is 1. The Morgan fingerprint density at radius 3 is 2.68 bits per heavy atom. The Bertz CT molecular complexity index is 412. The van der Waals surface area contributed by atoms with Crippen molar-refractivity contribution in [2.75, 3.05) is 23.9 Å². The summed E-state index contributed by atoms with van der Waals surface area (Å²) in [6, 6.07) is 8.64. The van der Waals surface area contributed by atoms with Crippen LogP contribution in [0.5, 0.6) is 0 Å². The zero-order valence-electron chi connectivity index (χ0n) is 10.8. The van der Waals surface area contributed by atoms with E-state index in [0.29, 0.717) is 17.9 Å². The summed E-state index contributed by atoms with van der Waals surface area (Å²) in [4.78, 5) is 22.6. The summed E-state index contributed by atoms with van der Waals surface area (Å²) in [5.74, 6) is 0.584. The van der Waals surface area contributed by atoms with Crippen LogP contribution in [0.3, 0.4) is 0 Å². The lowest BCUT2D eigenvalue weighted by molar-refractivity contribution is -0.141. The second-order valence-corrected chi connectivity index (χ2v) is 5.02. The molecule has 1 rings (SSSR count). The molecule has 0 saturated heterocycles. The van der Waals surface area contributed by atoms with Gasteiger partial charge in [-0.1, -0.05) is 18.2 Å². The lowest BCUT2D eigenvalue weighted by Gasteiger charge is -2.08. The van der Waals surface area contributed by atoms with E-state index in [1.54, 1.807) is 0 Å². The maximum Gasteiger partial charge on any atom is 0.323 e. The summed E-state index contributed by atoms with van der Waals surface area (Å²) in [5, 5.41) is 2.79. The molecule has 0 aliphatic rings. The van der Waals surface area contributed by atoms with Crippen molar-refractivity contribution >= 4 is 29.3 Å². The number of nitrogens with one attached hydrogen (secondary N) is 1. The number of carbonyl (C=O) groups is 2. The summed E-state index contributed by atoms with van der Waals surface area (Å²) >= 11 is 1.46. The number of benzene rings is 1. The minimum absolute atomic E-state index is 0.0506. The van der Waals surface area contributed by atoms with Crippen LogP contribution in [0.2, 0.25) is 0 Å². The summed E-state index contributed by atoms with van der Waals surface area (Å²) in [7, 11) is 1.31. The number of esters is 1. The Morgan fingerprint density at radius 1 is 1.37 bits per heavy atom. The molecule has 1 atom stereocenters. The van der Waals surface area contributed by atoms with Gasteiger partial charge in [-0.3, -0.25) is 9.59 Å². The molecule has 0 bridgehead atoms. The van der Waals surface area contributed by atoms with E-state index >= 15 is 0 Å². The second kappa shape index (κ2) is 8.55. The van der Waals surface area contributed by atoms with Gasteiger partial charge in [0, 0.05) is 23.6 Å². The predicted molar refractivity (Wildman–Crippen MR) is 77.0 cm³/mol. The fourth-order valence-electron chi connectivity index (χ4n) is 1.34. The molecule has 0 saturated carbocycles. The molecule has 0 fully saturated rings. The van der Waals surface area contributed by atoms with Crippen molar-refractivity contribution < 1.29 is 14.3 Å². The number of anilines is 1. The van der Waals surface area contributed by atoms with Crippen LogP contribution in [-0.2, 0) is 14.3 Å². The number of amides is 1. The highest BCUT2D eigenvalue weighted by atomic mass is 32.2. The first-order valence-electron chi connectivity index (χ1n) is 5.89. The van der Waals surface area contributed by atoms with Gasteiger partial charge in [0.2, 0.25) is 5.91 Å². The molecule has 104 valence electrons. The average molecular weight is 282 g/mol. The number of methoxy groups -OCH3 is 1. The molecule has 3 N–H and O–H groups in total. The highest BCUT2D eigenvalue weighted by Crippen LogP contribution is 2.08. The third kappa shape index (κ3) is 6.26. The molecule has 1 unspecified atom stereocenters. The van der Waals surface area contributed by atoms with Crippen molar-refractivity contribution in [1.29, 1.82) is 0 Å². The minimum atomic E-state index is -0.632. The lowest BCUT2D eigenvalue weighted by atomic mass is 10.3. The van der Waals surface area contributed by atoms with Gasteiger partial charge in [-0.15, -0.1) is 0 Å². The third-order valence-corrected chi connectivity index (χ3v) is 3.42. The van der Waals surface area contributed by atoms with Crippen LogP contribution in [0.1, 0.15) is 6.42 Å². The van der Waals surface area contributed by atoms with Gasteiger partial charge in [-0.25, -0.2) is 0 Å². The number of hydrogen-bond donors (Lipinski definition) is 2. The molecule has 5 nitrogen and oxygen atoms in total. The standard InChI is InChI=1S/C13H18N2O3S/c1-18-13(17)11(14)9-19-8-7-12(16)15-10-5-3-2-4-6-10/h2-6,11H,7-9,14H2,1H3,(H,15,16). The monoisotopic (exact) mass is 282 g/mol. The highest BCUT2D eigenvalue weighted by molar-refractivity contribution is 7.99. The quantitative estimate of drug-likeness (QED) is 0.581. The third-order valence-electron chi connectivity index (χ3n) is 2.33. The Balaban J connectivity index is 2.16. The molecule has 1 amide bonds. The zero-order chi connectivity index (χ0) is 14.1. The summed E-state index contributed by atoms with van der Waals surface area (Å²) in [6.07, 6.45) is 0.382. The molecule has 0 aromatic heterocycles. The van der Waals surface area contributed by atoms with E-state index in [1.807, 2.05) is 30.3 Å². The first-order valence-corrected chi connectivity index (χ1v) is 7.05. The molecule has 0 heterocycles. The van der Waals surface area contributed by atoms with Crippen LogP contribution in [0.15, 0.2) is 30.3 Å². The Labute approximate surface area is 116 Å². The van der Waals surface area contributed by atoms with Gasteiger partial charge in [0.25, 0.3) is 0 Å². The summed E-state index contributed by atoms with van der Waals surface area (Å²) in [5.41, 5.74) is 6.35. The van der Waals surface area contributed by atoms with Crippen LogP contribution in [0, 0.1) is 0 Å². The van der Waals surface area contributed by atoms with Crippen LogP contribution in [-0.4, -0.2) is 36.5 Å². The van der Waals surface area contributed by atoms with Crippen LogP contribution in [0.4, 0.5) is 5.69 Å². The fraction of sp³-hybridized carbons (Fsp3) is 0.385. The molecular weight excluding hydrogens is 264 g/mol. The number of rotatable bonds is 7. The number of nitrogens with two attached hydrogens (primary N) is 1. The number of thioether (sulfide) groups is 1. The number of carbonyl (C=O) groups excluding carboxylic acids is 2.